The first kappa shape index (κ1) is 66.0. The van der Waals surface area contributed by atoms with Crippen molar-refractivity contribution in [1.82, 2.24) is 5.32 Å². The summed E-state index contributed by atoms with van der Waals surface area (Å²) in [6.07, 6.45) is 67.2. The van der Waals surface area contributed by atoms with E-state index < -0.39 is 36.9 Å². The number of nitrogens with one attached hydrogen (secondary N) is 1. The van der Waals surface area contributed by atoms with Crippen molar-refractivity contribution in [3.05, 3.63) is 12.2 Å². The summed E-state index contributed by atoms with van der Waals surface area (Å²) < 4.78 is 0. The molecule has 4 atom stereocenters. The van der Waals surface area contributed by atoms with E-state index in [4.69, 9.17) is 0 Å². The molecular weight excluding hydrogens is 827 g/mol. The Morgan fingerprint density at radius 3 is 0.866 bits per heavy atom. The van der Waals surface area contributed by atoms with Gasteiger partial charge in [0.05, 0.1) is 18.8 Å². The van der Waals surface area contributed by atoms with Crippen LogP contribution in [0.3, 0.4) is 0 Å². The number of hydrogen-bond acceptors (Lipinski definition) is 5. The number of unbranched alkanes of at least 4 members (excludes halogenated alkanes) is 46. The number of carbonyl (C=O) groups excluding carboxylic acids is 1. The Kier molecular flexibility index (Phi) is 55.2. The Morgan fingerprint density at radius 1 is 0.358 bits per heavy atom. The molecular formula is C61H121NO5. The smallest absolute Gasteiger partial charge is 0.249 e. The van der Waals surface area contributed by atoms with Gasteiger partial charge < -0.3 is 25.7 Å². The number of allylic oxidation sites excluding steroid dienone is 2. The standard InChI is InChI=1S/C61H121NO5/c1-3-5-7-9-11-13-15-17-19-21-23-25-27-28-29-30-31-32-33-35-37-39-41-43-45-47-49-51-53-55-59(65)61(67)62-57(56-63)60(66)58(64)54-52-50-48-46-44-42-40-38-36-34-26-24-22-20-18-16-14-12-10-8-6-4-2/h28-29,57-60,63-66H,3-27,30-56H2,1-2H3,(H,62,67)/b29-28-. The Hall–Kier alpha value is -0.950. The summed E-state index contributed by atoms with van der Waals surface area (Å²) in [4.78, 5) is 12.6. The van der Waals surface area contributed by atoms with Crippen LogP contribution in [-0.2, 0) is 4.79 Å². The van der Waals surface area contributed by atoms with Crippen molar-refractivity contribution in [3.8, 4) is 0 Å². The van der Waals surface area contributed by atoms with E-state index in [1.807, 2.05) is 0 Å². The first-order valence-corrected chi connectivity index (χ1v) is 30.6. The highest BCUT2D eigenvalue weighted by Gasteiger charge is 2.28. The maximum absolute atomic E-state index is 12.6. The molecule has 0 radical (unpaired) electrons. The van der Waals surface area contributed by atoms with Gasteiger partial charge in [-0.3, -0.25) is 4.79 Å². The SMILES string of the molecule is CCCCCCCCCCCCCC/C=C\CCCCCCCCCCCCCCCC(O)C(=O)NC(CO)C(O)C(O)CCCCCCCCCCCCCCCCCCCCCCCC. The average molecular weight is 949 g/mol. The monoisotopic (exact) mass is 948 g/mol. The molecule has 0 bridgehead atoms. The van der Waals surface area contributed by atoms with E-state index in [9.17, 15) is 25.2 Å². The summed E-state index contributed by atoms with van der Waals surface area (Å²) in [6.45, 7) is 4.10. The summed E-state index contributed by atoms with van der Waals surface area (Å²) in [5.41, 5.74) is 0. The molecule has 1 amide bonds. The molecule has 0 aliphatic rings. The maximum Gasteiger partial charge on any atom is 0.249 e. The molecule has 0 aromatic carbocycles. The van der Waals surface area contributed by atoms with Crippen LogP contribution in [0.25, 0.3) is 0 Å². The molecule has 0 saturated carbocycles. The van der Waals surface area contributed by atoms with Gasteiger partial charge in [-0.15, -0.1) is 0 Å². The van der Waals surface area contributed by atoms with Crippen LogP contribution in [0.1, 0.15) is 341 Å². The predicted molar refractivity (Wildman–Crippen MR) is 293 cm³/mol. The zero-order valence-corrected chi connectivity index (χ0v) is 45.4. The summed E-state index contributed by atoms with van der Waals surface area (Å²) in [6, 6.07) is -0.983. The molecule has 67 heavy (non-hydrogen) atoms. The molecule has 0 aliphatic heterocycles. The van der Waals surface area contributed by atoms with Crippen LogP contribution in [0.15, 0.2) is 12.2 Å². The molecule has 0 aromatic heterocycles. The Labute approximate surface area is 419 Å². The van der Waals surface area contributed by atoms with E-state index in [1.54, 1.807) is 0 Å². The Bertz CT molecular complexity index is 975. The van der Waals surface area contributed by atoms with Gasteiger partial charge in [-0.2, -0.15) is 0 Å². The summed E-state index contributed by atoms with van der Waals surface area (Å²) in [5.74, 6) is -0.577. The van der Waals surface area contributed by atoms with Crippen molar-refractivity contribution in [1.29, 1.82) is 0 Å². The molecule has 6 heteroatoms. The number of aliphatic hydroxyl groups excluding tert-OH is 4. The number of hydrogen-bond donors (Lipinski definition) is 5. The second kappa shape index (κ2) is 56.0. The minimum absolute atomic E-state index is 0.373. The van der Waals surface area contributed by atoms with Gasteiger partial charge in [-0.05, 0) is 38.5 Å². The minimum Gasteiger partial charge on any atom is -0.394 e. The predicted octanol–water partition coefficient (Wildman–Crippen LogP) is 18.0. The van der Waals surface area contributed by atoms with E-state index in [-0.39, 0.29) is 0 Å². The fraction of sp³-hybridized carbons (Fsp3) is 0.951. The van der Waals surface area contributed by atoms with Crippen molar-refractivity contribution in [2.75, 3.05) is 6.61 Å². The fourth-order valence-electron chi connectivity index (χ4n) is 9.93. The van der Waals surface area contributed by atoms with E-state index in [0.717, 1.165) is 38.5 Å². The lowest BCUT2D eigenvalue weighted by molar-refractivity contribution is -0.132. The fourth-order valence-corrected chi connectivity index (χ4v) is 9.93. The van der Waals surface area contributed by atoms with E-state index in [2.05, 4.69) is 31.3 Å². The molecule has 0 heterocycles. The number of amides is 1. The van der Waals surface area contributed by atoms with Crippen molar-refractivity contribution in [2.24, 2.45) is 0 Å². The van der Waals surface area contributed by atoms with Crippen molar-refractivity contribution in [2.45, 2.75) is 366 Å². The second-order valence-electron chi connectivity index (χ2n) is 21.4. The summed E-state index contributed by atoms with van der Waals surface area (Å²) in [5, 5.41) is 44.1. The van der Waals surface area contributed by atoms with Crippen LogP contribution in [0.4, 0.5) is 0 Å². The number of carbonyl (C=O) groups is 1. The van der Waals surface area contributed by atoms with Gasteiger partial charge in [0, 0.05) is 0 Å². The topological polar surface area (TPSA) is 110 Å². The molecule has 0 aliphatic carbocycles. The molecule has 0 saturated heterocycles. The van der Waals surface area contributed by atoms with Crippen LogP contribution >= 0.6 is 0 Å². The van der Waals surface area contributed by atoms with Gasteiger partial charge in [0.15, 0.2) is 0 Å². The third kappa shape index (κ3) is 49.8. The molecule has 400 valence electrons. The van der Waals surface area contributed by atoms with Gasteiger partial charge in [-0.1, -0.05) is 315 Å². The third-order valence-electron chi connectivity index (χ3n) is 14.7. The highest BCUT2D eigenvalue weighted by atomic mass is 16.3. The first-order valence-electron chi connectivity index (χ1n) is 30.6. The van der Waals surface area contributed by atoms with Crippen molar-refractivity contribution in [3.63, 3.8) is 0 Å². The molecule has 0 rings (SSSR count). The minimum atomic E-state index is -1.26. The lowest BCUT2D eigenvalue weighted by atomic mass is 9.99. The highest BCUT2D eigenvalue weighted by Crippen LogP contribution is 2.19. The van der Waals surface area contributed by atoms with Gasteiger partial charge in [0.1, 0.15) is 12.2 Å². The van der Waals surface area contributed by atoms with Gasteiger partial charge >= 0.3 is 0 Å². The zero-order valence-electron chi connectivity index (χ0n) is 45.4. The van der Waals surface area contributed by atoms with E-state index >= 15 is 0 Å². The van der Waals surface area contributed by atoms with Crippen LogP contribution in [-0.4, -0.2) is 57.3 Å². The molecule has 0 spiro atoms. The van der Waals surface area contributed by atoms with Crippen LogP contribution in [0, 0.1) is 0 Å². The second-order valence-corrected chi connectivity index (χ2v) is 21.4. The van der Waals surface area contributed by atoms with Crippen LogP contribution < -0.4 is 5.32 Å². The largest absolute Gasteiger partial charge is 0.394 e. The molecule has 4 unspecified atom stereocenters. The number of rotatable bonds is 57. The summed E-state index contributed by atoms with van der Waals surface area (Å²) in [7, 11) is 0. The lowest BCUT2D eigenvalue weighted by Crippen LogP contribution is -2.53. The van der Waals surface area contributed by atoms with Gasteiger partial charge in [0.25, 0.3) is 0 Å². The summed E-state index contributed by atoms with van der Waals surface area (Å²) >= 11 is 0. The molecule has 6 nitrogen and oxygen atoms in total. The third-order valence-corrected chi connectivity index (χ3v) is 14.7. The first-order chi connectivity index (χ1) is 33.0. The van der Waals surface area contributed by atoms with E-state index in [0.29, 0.717) is 12.8 Å². The molecule has 5 N–H and O–H groups in total. The Balaban J connectivity index is 3.57. The Morgan fingerprint density at radius 2 is 0.597 bits per heavy atom. The van der Waals surface area contributed by atoms with Crippen LogP contribution in [0.2, 0.25) is 0 Å². The number of aliphatic hydroxyl groups is 4. The van der Waals surface area contributed by atoms with Crippen molar-refractivity contribution >= 4 is 5.91 Å². The van der Waals surface area contributed by atoms with Gasteiger partial charge in [-0.25, -0.2) is 0 Å². The highest BCUT2D eigenvalue weighted by molar-refractivity contribution is 5.80. The quantitative estimate of drug-likeness (QED) is 0.0308. The maximum atomic E-state index is 12.6. The van der Waals surface area contributed by atoms with Crippen molar-refractivity contribution < 1.29 is 25.2 Å². The van der Waals surface area contributed by atoms with E-state index in [1.165, 1.54) is 276 Å². The average Bonchev–Trinajstić information content (AvgIpc) is 3.33. The van der Waals surface area contributed by atoms with Crippen LogP contribution in [0.5, 0.6) is 0 Å². The molecule has 0 aromatic rings. The normalized spacial score (nSPS) is 13.7. The lowest BCUT2D eigenvalue weighted by Gasteiger charge is -2.27. The zero-order chi connectivity index (χ0) is 48.8. The van der Waals surface area contributed by atoms with Gasteiger partial charge in [0.2, 0.25) is 5.91 Å². The molecule has 0 fully saturated rings.